The summed E-state index contributed by atoms with van der Waals surface area (Å²) in [7, 11) is 0. The van der Waals surface area contributed by atoms with Gasteiger partial charge in [-0.05, 0) is 18.1 Å². The fraction of sp³-hybridized carbons (Fsp3) is 0.111. The van der Waals surface area contributed by atoms with Crippen molar-refractivity contribution in [3.63, 3.8) is 0 Å². The molecule has 0 saturated carbocycles. The van der Waals surface area contributed by atoms with Gasteiger partial charge in [-0.15, -0.1) is 13.2 Å². The molecule has 20 heteroatoms. The van der Waals surface area contributed by atoms with Gasteiger partial charge in [0.2, 0.25) is 17.4 Å². The highest BCUT2D eigenvalue weighted by atomic mass is 19.4. The fourth-order valence-corrected chi connectivity index (χ4v) is 6.60. The predicted molar refractivity (Wildman–Crippen MR) is 167 cm³/mol. The molecule has 3 aromatic carbocycles. The summed E-state index contributed by atoms with van der Waals surface area (Å²) in [6, 6.07) is 3.35. The first-order valence-corrected chi connectivity index (χ1v) is 15.2. The van der Waals surface area contributed by atoms with Crippen LogP contribution in [0.4, 0.5) is 48.3 Å². The number of hydrogen-bond acceptors (Lipinski definition) is 7. The second kappa shape index (κ2) is 12.8. The van der Waals surface area contributed by atoms with Crippen molar-refractivity contribution in [1.29, 1.82) is 10.5 Å². The molecule has 0 amide bonds. The molecule has 2 aliphatic rings. The van der Waals surface area contributed by atoms with Gasteiger partial charge in [0.1, 0.15) is 0 Å². The van der Waals surface area contributed by atoms with Gasteiger partial charge in [0.25, 0.3) is 11.4 Å². The molecule has 0 saturated heterocycles. The number of alkyl halides is 3. The Balaban J connectivity index is 1.60. The summed E-state index contributed by atoms with van der Waals surface area (Å²) in [4.78, 5) is 23.0. The molecule has 5 aromatic rings. The highest BCUT2D eigenvalue weighted by Crippen LogP contribution is 2.42. The van der Waals surface area contributed by atoms with Crippen LogP contribution in [0.5, 0.6) is 5.75 Å². The van der Waals surface area contributed by atoms with Crippen LogP contribution in [0.3, 0.4) is 0 Å². The number of nitriles is 2. The topological polar surface area (TPSA) is 117 Å². The second-order valence-corrected chi connectivity index (χ2v) is 11.8. The van der Waals surface area contributed by atoms with Gasteiger partial charge in [-0.25, -0.2) is 56.5 Å². The molecule has 2 aromatic heterocycles. The maximum Gasteiger partial charge on any atom is 0.573 e. The minimum absolute atomic E-state index is 0.0186. The Bertz CT molecular complexity index is 2900. The number of rotatable bonds is 3. The summed E-state index contributed by atoms with van der Waals surface area (Å²) >= 11 is 0. The molecule has 0 atom stereocenters. The van der Waals surface area contributed by atoms with Crippen LogP contribution in [0.2, 0.25) is 0 Å². The zero-order valence-corrected chi connectivity index (χ0v) is 27.2. The third-order valence-corrected chi connectivity index (χ3v) is 8.91. The van der Waals surface area contributed by atoms with Crippen LogP contribution in [0.25, 0.3) is 66.1 Å². The van der Waals surface area contributed by atoms with E-state index in [0.29, 0.717) is 6.20 Å². The highest BCUT2D eigenvalue weighted by Gasteiger charge is 2.39. The Hall–Kier alpha value is -7.45. The Morgan fingerprint density at radius 3 is 1.41 bits per heavy atom. The standard InChI is InChI=1S/C36H9F11N8O/c1-10-25(37)27(39)23(28(40)26(10)38)17-8-52-13-4-11-19(15(6-48)50-2)12-5-14-34(21(12)22(16(7-49)51-3)20(11)33(13)54-17)55-18(9-53-14)24-29(41)31(43)35(32(44)30(24)42)56-36(45,46)47/h8-9H,4-5H2,1H3/b19-15+,22-16+. The molecule has 9 nitrogen and oxygen atoms in total. The van der Waals surface area contributed by atoms with Crippen molar-refractivity contribution in [2.75, 3.05) is 0 Å². The summed E-state index contributed by atoms with van der Waals surface area (Å²) in [5.41, 5.74) is -8.61. The number of halogens is 11. The lowest BCUT2D eigenvalue weighted by Gasteiger charge is -2.15. The van der Waals surface area contributed by atoms with Crippen LogP contribution < -0.4 is 15.2 Å². The lowest BCUT2D eigenvalue weighted by atomic mass is 9.92. The second-order valence-electron chi connectivity index (χ2n) is 11.8. The van der Waals surface area contributed by atoms with Gasteiger partial charge in [-0.2, -0.15) is 8.78 Å². The number of aromatic nitrogens is 4. The molecule has 0 fully saturated rings. The summed E-state index contributed by atoms with van der Waals surface area (Å²) in [5.74, 6) is -19.6. The molecule has 7 rings (SSSR count). The fourth-order valence-electron chi connectivity index (χ4n) is 6.60. The maximum absolute atomic E-state index is 15.3. The molecule has 56 heavy (non-hydrogen) atoms. The van der Waals surface area contributed by atoms with E-state index in [-0.39, 0.29) is 57.4 Å². The molecule has 0 spiro atoms. The zero-order chi connectivity index (χ0) is 40.7. The van der Waals surface area contributed by atoms with Crippen LogP contribution in [0, 0.1) is 89.3 Å². The lowest BCUT2D eigenvalue weighted by molar-refractivity contribution is -0.276. The first-order chi connectivity index (χ1) is 26.5. The Kier molecular flexibility index (Phi) is 8.46. The molecular formula is C36H9F11N8O. The largest absolute Gasteiger partial charge is 0.573 e. The molecule has 0 unspecified atom stereocenters. The van der Waals surface area contributed by atoms with Gasteiger partial charge in [-0.1, -0.05) is 0 Å². The monoisotopic (exact) mass is 778 g/mol. The maximum atomic E-state index is 15.3. The van der Waals surface area contributed by atoms with Crippen LogP contribution in [-0.2, 0) is 12.8 Å². The van der Waals surface area contributed by atoms with Gasteiger partial charge < -0.3 is 4.74 Å². The summed E-state index contributed by atoms with van der Waals surface area (Å²) in [6.45, 7) is 16.3. The average molecular weight is 779 g/mol. The number of hydrogen-bond donors (Lipinski definition) is 0. The van der Waals surface area contributed by atoms with E-state index >= 15 is 17.6 Å². The highest BCUT2D eigenvalue weighted by molar-refractivity contribution is 5.91. The van der Waals surface area contributed by atoms with E-state index in [1.807, 2.05) is 0 Å². The van der Waals surface area contributed by atoms with Crippen molar-refractivity contribution in [3.8, 4) is 62.9 Å². The Morgan fingerprint density at radius 2 is 1.04 bits per heavy atom. The zero-order valence-electron chi connectivity index (χ0n) is 27.2. The smallest absolute Gasteiger partial charge is 0.399 e. The van der Waals surface area contributed by atoms with Gasteiger partial charge >= 0.3 is 6.36 Å². The van der Waals surface area contributed by atoms with Crippen molar-refractivity contribution < 1.29 is 53.0 Å². The quantitative estimate of drug-likeness (QED) is 0.106. The van der Waals surface area contributed by atoms with Crippen LogP contribution in [0.15, 0.2) is 12.4 Å². The molecular weight excluding hydrogens is 769 g/mol. The summed E-state index contributed by atoms with van der Waals surface area (Å²) in [6.07, 6.45) is -5.06. The first kappa shape index (κ1) is 36.9. The molecule has 276 valence electrons. The Labute approximate surface area is 304 Å². The van der Waals surface area contributed by atoms with Gasteiger partial charge in [0.15, 0.2) is 34.9 Å². The number of fused-ring (bicyclic) bond motifs is 6. The molecule has 0 bridgehead atoms. The van der Waals surface area contributed by atoms with Crippen molar-refractivity contribution in [2.45, 2.75) is 26.1 Å². The van der Waals surface area contributed by atoms with E-state index in [1.54, 1.807) is 12.1 Å². The predicted octanol–water partition coefficient (Wildman–Crippen LogP) is 7.16. The first-order valence-electron chi connectivity index (χ1n) is 15.2. The van der Waals surface area contributed by atoms with E-state index < -0.39 is 109 Å². The van der Waals surface area contributed by atoms with Crippen LogP contribution in [-0.4, -0.2) is 26.3 Å². The van der Waals surface area contributed by atoms with Crippen molar-refractivity contribution in [2.24, 2.45) is 0 Å². The van der Waals surface area contributed by atoms with Crippen molar-refractivity contribution in [1.82, 2.24) is 19.9 Å². The molecule has 0 aliphatic heterocycles. The molecule has 0 N–H and O–H groups in total. The molecule has 2 heterocycles. The van der Waals surface area contributed by atoms with E-state index in [4.69, 9.17) is 13.1 Å². The number of benzene rings is 3. The summed E-state index contributed by atoms with van der Waals surface area (Å²) < 4.78 is 161. The van der Waals surface area contributed by atoms with E-state index in [2.05, 4.69) is 34.4 Å². The number of ether oxygens (including phenoxy) is 1. The normalized spacial score (nSPS) is 13.4. The third-order valence-electron chi connectivity index (χ3n) is 8.91. The lowest BCUT2D eigenvalue weighted by Crippen LogP contribution is -2.26. The van der Waals surface area contributed by atoms with Crippen molar-refractivity contribution >= 4 is 11.4 Å². The molecule has 0 radical (unpaired) electrons. The average Bonchev–Trinajstić information content (AvgIpc) is 3.73. The molecule has 2 aliphatic carbocycles. The van der Waals surface area contributed by atoms with Crippen LogP contribution >= 0.6 is 0 Å². The SMILES string of the molecule is [C-]#[N+]/C(C#N)=c1\c2c(/c(=C(/C#N)[N+]#[C-])c3c1Cc1ncc(-c4c(F)c(F)c(OC(F)(F)F)c(F)c4F)nc1-3)-c1nc(-c3c(F)c(F)c(C)c(F)c3F)cnc1C2. The van der Waals surface area contributed by atoms with E-state index in [9.17, 15) is 41.3 Å². The van der Waals surface area contributed by atoms with E-state index in [1.165, 1.54) is 0 Å². The van der Waals surface area contributed by atoms with Gasteiger partial charge in [-0.3, -0.25) is 9.97 Å². The van der Waals surface area contributed by atoms with E-state index in [0.717, 1.165) is 13.1 Å². The van der Waals surface area contributed by atoms with Crippen molar-refractivity contribution in [3.05, 3.63) is 120 Å². The Morgan fingerprint density at radius 1 is 0.643 bits per heavy atom. The summed E-state index contributed by atoms with van der Waals surface area (Å²) in [5, 5.41) is 19.6. The minimum Gasteiger partial charge on any atom is -0.399 e. The third kappa shape index (κ3) is 5.26. The van der Waals surface area contributed by atoms with Gasteiger partial charge in [0, 0.05) is 40.0 Å². The van der Waals surface area contributed by atoms with Gasteiger partial charge in [0.05, 0.1) is 83.0 Å². The minimum atomic E-state index is -5.77. The number of nitrogens with zero attached hydrogens (tertiary/aromatic N) is 8. The van der Waals surface area contributed by atoms with Crippen LogP contribution in [0.1, 0.15) is 28.1 Å².